The maximum Gasteiger partial charge on any atom is 0.341 e. The van der Waals surface area contributed by atoms with E-state index >= 15 is 0 Å². The van der Waals surface area contributed by atoms with Crippen LogP contribution in [0.4, 0.5) is 0 Å². The molecule has 0 radical (unpaired) electrons. The van der Waals surface area contributed by atoms with Crippen molar-refractivity contribution >= 4 is 16.9 Å². The van der Waals surface area contributed by atoms with Gasteiger partial charge in [-0.1, -0.05) is 6.07 Å². The molecule has 2 aromatic rings. The van der Waals surface area contributed by atoms with Gasteiger partial charge in [-0.2, -0.15) is 0 Å². The van der Waals surface area contributed by atoms with Crippen LogP contribution in [0.5, 0.6) is 5.75 Å². The second kappa shape index (κ2) is 5.94. The highest BCUT2D eigenvalue weighted by Crippen LogP contribution is 2.24. The highest BCUT2D eigenvalue weighted by molar-refractivity contribution is 5.94. The highest BCUT2D eigenvalue weighted by atomic mass is 16.5. The molecular weight excluding hydrogens is 278 g/mol. The summed E-state index contributed by atoms with van der Waals surface area (Å²) in [5.74, 6) is -0.969. The lowest BCUT2D eigenvalue weighted by molar-refractivity contribution is 0.0691. The van der Waals surface area contributed by atoms with Crippen LogP contribution in [0, 0.1) is 0 Å². The van der Waals surface area contributed by atoms with Crippen molar-refractivity contribution in [3.05, 3.63) is 40.2 Å². The maximum atomic E-state index is 12.2. The van der Waals surface area contributed by atoms with Gasteiger partial charge in [0.2, 0.25) is 5.43 Å². The van der Waals surface area contributed by atoms with Crippen molar-refractivity contribution in [1.82, 2.24) is 4.57 Å². The number of carbonyl (C=O) groups is 1. The Morgan fingerprint density at radius 3 is 2.71 bits per heavy atom. The number of nitrogens with zero attached hydrogens (tertiary/aromatic N) is 1. The van der Waals surface area contributed by atoms with Gasteiger partial charge in [0.15, 0.2) is 0 Å². The van der Waals surface area contributed by atoms with E-state index in [4.69, 9.17) is 14.9 Å². The summed E-state index contributed by atoms with van der Waals surface area (Å²) in [4.78, 5) is 23.4. The van der Waals surface area contributed by atoms with E-state index in [0.717, 1.165) is 6.20 Å². The first-order valence-corrected chi connectivity index (χ1v) is 6.22. The van der Waals surface area contributed by atoms with Crippen molar-refractivity contribution in [2.45, 2.75) is 12.6 Å². The van der Waals surface area contributed by atoms with Gasteiger partial charge in [-0.25, -0.2) is 4.79 Å². The Labute approximate surface area is 119 Å². The number of carboxylic acid groups (broad SMARTS) is 1. The van der Waals surface area contributed by atoms with Crippen LogP contribution in [0.2, 0.25) is 0 Å². The van der Waals surface area contributed by atoms with Gasteiger partial charge in [-0.3, -0.25) is 4.79 Å². The van der Waals surface area contributed by atoms with Gasteiger partial charge >= 0.3 is 5.97 Å². The zero-order valence-corrected chi connectivity index (χ0v) is 11.3. The van der Waals surface area contributed by atoms with Crippen LogP contribution < -0.4 is 10.2 Å². The van der Waals surface area contributed by atoms with Gasteiger partial charge in [0, 0.05) is 6.20 Å². The van der Waals surface area contributed by atoms with Gasteiger partial charge in [0.25, 0.3) is 0 Å². The standard InChI is InChI=1S/C14H15NO6/c1-21-11-4-2-3-9-12(11)15(5-8(17)7-16)6-10(13(9)18)14(19)20/h2-4,6,8,16-17H,5,7H2,1H3,(H,19,20). The fourth-order valence-corrected chi connectivity index (χ4v) is 2.17. The number of para-hydroxylation sites is 1. The van der Waals surface area contributed by atoms with E-state index in [2.05, 4.69) is 0 Å². The Morgan fingerprint density at radius 1 is 1.43 bits per heavy atom. The Kier molecular flexibility index (Phi) is 4.25. The first-order valence-electron chi connectivity index (χ1n) is 6.22. The molecule has 0 saturated carbocycles. The predicted octanol–water partition coefficient (Wildman–Crippen LogP) is 0.0615. The van der Waals surface area contributed by atoms with Crippen LogP contribution in [0.15, 0.2) is 29.2 Å². The number of fused-ring (bicyclic) bond motifs is 1. The molecule has 0 amide bonds. The second-order valence-electron chi connectivity index (χ2n) is 4.52. The molecule has 0 bridgehead atoms. The average molecular weight is 293 g/mol. The number of aliphatic hydroxyl groups is 2. The van der Waals surface area contributed by atoms with Crippen LogP contribution in [0.25, 0.3) is 10.9 Å². The lowest BCUT2D eigenvalue weighted by Gasteiger charge is -2.17. The molecule has 0 fully saturated rings. The van der Waals surface area contributed by atoms with Crippen molar-refractivity contribution < 1.29 is 24.9 Å². The van der Waals surface area contributed by atoms with Crippen molar-refractivity contribution in [2.75, 3.05) is 13.7 Å². The zero-order chi connectivity index (χ0) is 15.6. The minimum atomic E-state index is -1.35. The third-order valence-electron chi connectivity index (χ3n) is 3.13. The molecule has 21 heavy (non-hydrogen) atoms. The molecular formula is C14H15NO6. The predicted molar refractivity (Wildman–Crippen MR) is 74.8 cm³/mol. The van der Waals surface area contributed by atoms with Gasteiger partial charge in [0.05, 0.1) is 37.3 Å². The quantitative estimate of drug-likeness (QED) is 0.719. The van der Waals surface area contributed by atoms with E-state index in [0.29, 0.717) is 11.3 Å². The number of aromatic nitrogens is 1. The molecule has 2 rings (SSSR count). The molecule has 1 atom stereocenters. The summed E-state index contributed by atoms with van der Waals surface area (Å²) in [6.07, 6.45) is 0.0660. The number of benzene rings is 1. The van der Waals surface area contributed by atoms with E-state index in [1.807, 2.05) is 0 Å². The van der Waals surface area contributed by atoms with Crippen molar-refractivity contribution in [1.29, 1.82) is 0 Å². The van der Waals surface area contributed by atoms with E-state index in [9.17, 15) is 14.7 Å². The van der Waals surface area contributed by atoms with Crippen LogP contribution in [-0.2, 0) is 6.54 Å². The molecule has 1 heterocycles. The third-order valence-corrected chi connectivity index (χ3v) is 3.13. The topological polar surface area (TPSA) is 109 Å². The lowest BCUT2D eigenvalue weighted by Crippen LogP contribution is -2.24. The first-order chi connectivity index (χ1) is 9.99. The van der Waals surface area contributed by atoms with E-state index in [1.54, 1.807) is 12.1 Å². The number of pyridine rings is 1. The lowest BCUT2D eigenvalue weighted by atomic mass is 10.1. The molecule has 0 spiro atoms. The average Bonchev–Trinajstić information content (AvgIpc) is 2.48. The molecule has 1 unspecified atom stereocenters. The number of aromatic carboxylic acids is 1. The molecule has 1 aromatic carbocycles. The summed E-state index contributed by atoms with van der Waals surface area (Å²) < 4.78 is 6.59. The van der Waals surface area contributed by atoms with Gasteiger partial charge in [-0.15, -0.1) is 0 Å². The number of hydrogen-bond acceptors (Lipinski definition) is 5. The molecule has 0 aliphatic rings. The molecule has 1 aromatic heterocycles. The molecule has 0 aliphatic heterocycles. The normalized spacial score (nSPS) is 12.3. The maximum absolute atomic E-state index is 12.2. The number of rotatable bonds is 5. The monoisotopic (exact) mass is 293 g/mol. The number of aliphatic hydroxyl groups excluding tert-OH is 2. The number of hydrogen-bond donors (Lipinski definition) is 3. The summed E-state index contributed by atoms with van der Waals surface area (Å²) in [6.45, 7) is -0.543. The number of methoxy groups -OCH3 is 1. The fourth-order valence-electron chi connectivity index (χ4n) is 2.17. The van der Waals surface area contributed by atoms with Crippen LogP contribution in [0.3, 0.4) is 0 Å². The zero-order valence-electron chi connectivity index (χ0n) is 11.3. The minimum Gasteiger partial charge on any atom is -0.495 e. The SMILES string of the molecule is COc1cccc2c(=O)c(C(=O)O)cn(CC(O)CO)c12. The van der Waals surface area contributed by atoms with Gasteiger partial charge in [-0.05, 0) is 12.1 Å². The van der Waals surface area contributed by atoms with Gasteiger partial charge < -0.3 is 24.6 Å². The summed E-state index contributed by atoms with van der Waals surface area (Å²) in [5.41, 5.74) is -0.644. The molecule has 0 saturated heterocycles. The first kappa shape index (κ1) is 15.0. The number of carboxylic acids is 1. The van der Waals surface area contributed by atoms with Crippen LogP contribution >= 0.6 is 0 Å². The summed E-state index contributed by atoms with van der Waals surface area (Å²) in [5, 5.41) is 27.8. The highest BCUT2D eigenvalue weighted by Gasteiger charge is 2.18. The molecule has 7 nitrogen and oxygen atoms in total. The molecule has 112 valence electrons. The summed E-state index contributed by atoms with van der Waals surface area (Å²) >= 11 is 0. The molecule has 3 N–H and O–H groups in total. The van der Waals surface area contributed by atoms with E-state index < -0.39 is 29.7 Å². The Hall–Kier alpha value is -2.38. The minimum absolute atomic E-state index is 0.0616. The third kappa shape index (κ3) is 2.74. The largest absolute Gasteiger partial charge is 0.495 e. The van der Waals surface area contributed by atoms with Crippen LogP contribution in [0.1, 0.15) is 10.4 Å². The van der Waals surface area contributed by atoms with E-state index in [1.165, 1.54) is 17.7 Å². The fraction of sp³-hybridized carbons (Fsp3) is 0.286. The van der Waals surface area contributed by atoms with Gasteiger partial charge in [0.1, 0.15) is 11.3 Å². The Morgan fingerprint density at radius 2 is 2.14 bits per heavy atom. The van der Waals surface area contributed by atoms with E-state index in [-0.39, 0.29) is 11.9 Å². The second-order valence-corrected chi connectivity index (χ2v) is 4.52. The summed E-state index contributed by atoms with van der Waals surface area (Å²) in [7, 11) is 1.43. The van der Waals surface area contributed by atoms with Crippen molar-refractivity contribution in [2.24, 2.45) is 0 Å². The van der Waals surface area contributed by atoms with Crippen molar-refractivity contribution in [3.8, 4) is 5.75 Å². The summed E-state index contributed by atoms with van der Waals surface area (Å²) in [6, 6.07) is 4.71. The Balaban J connectivity index is 2.82. The van der Waals surface area contributed by atoms with Crippen molar-refractivity contribution in [3.63, 3.8) is 0 Å². The smallest absolute Gasteiger partial charge is 0.341 e. The molecule has 0 aliphatic carbocycles. The van der Waals surface area contributed by atoms with Crippen LogP contribution in [-0.4, -0.2) is 45.7 Å². The number of ether oxygens (including phenoxy) is 1. The molecule has 7 heteroatoms. The Bertz CT molecular complexity index is 736.